The van der Waals surface area contributed by atoms with Gasteiger partial charge in [0.2, 0.25) is 0 Å². The van der Waals surface area contributed by atoms with Gasteiger partial charge in [-0.15, -0.1) is 11.3 Å². The lowest BCUT2D eigenvalue weighted by Gasteiger charge is -2.27. The molecule has 0 unspecified atom stereocenters. The first kappa shape index (κ1) is 14.4. The minimum Gasteiger partial charge on any atom is -0.397 e. The third-order valence-electron chi connectivity index (χ3n) is 4.44. The van der Waals surface area contributed by atoms with E-state index in [4.69, 9.17) is 5.73 Å². The number of aryl methyl sites for hydroxylation is 1. The number of anilines is 1. The van der Waals surface area contributed by atoms with Crippen LogP contribution < -0.4 is 5.73 Å². The van der Waals surface area contributed by atoms with Crippen LogP contribution in [-0.2, 0) is 0 Å². The van der Waals surface area contributed by atoms with Gasteiger partial charge in [0.25, 0.3) is 5.91 Å². The summed E-state index contributed by atoms with van der Waals surface area (Å²) in [6.45, 7) is 4.87. The average Bonchev–Trinajstić information content (AvgIpc) is 3.09. The summed E-state index contributed by atoms with van der Waals surface area (Å²) in [4.78, 5) is 15.6. The summed E-state index contributed by atoms with van der Waals surface area (Å²) in [6, 6.07) is 6.60. The Labute approximate surface area is 129 Å². The molecule has 3 rings (SSSR count). The summed E-state index contributed by atoms with van der Waals surface area (Å²) in [5.74, 6) is 0.112. The first-order chi connectivity index (χ1) is 10.1. The van der Waals surface area contributed by atoms with Crippen molar-refractivity contribution in [2.24, 2.45) is 0 Å². The Bertz CT molecular complexity index is 671. The van der Waals surface area contributed by atoms with Crippen molar-refractivity contribution in [3.63, 3.8) is 0 Å². The molecule has 0 radical (unpaired) electrons. The van der Waals surface area contributed by atoms with Gasteiger partial charge in [0.15, 0.2) is 0 Å². The van der Waals surface area contributed by atoms with Crippen molar-refractivity contribution in [1.29, 1.82) is 0 Å². The molecule has 112 valence electrons. The van der Waals surface area contributed by atoms with Gasteiger partial charge in [0, 0.05) is 22.7 Å². The van der Waals surface area contributed by atoms with Crippen LogP contribution in [0.1, 0.15) is 47.8 Å². The SMILES string of the molecule is CCN(C(=O)c1sc2ccc(C)cc2c1N)C1CCCC1. The van der Waals surface area contributed by atoms with Crippen molar-refractivity contribution in [1.82, 2.24) is 4.90 Å². The molecule has 1 aliphatic carbocycles. The molecule has 1 fully saturated rings. The molecule has 1 saturated carbocycles. The van der Waals surface area contributed by atoms with E-state index in [1.807, 2.05) is 4.90 Å². The second-order valence-electron chi connectivity index (χ2n) is 5.87. The number of benzene rings is 1. The number of hydrogen-bond acceptors (Lipinski definition) is 3. The van der Waals surface area contributed by atoms with Crippen molar-refractivity contribution in [2.45, 2.75) is 45.6 Å². The van der Waals surface area contributed by atoms with E-state index in [2.05, 4.69) is 32.0 Å². The zero-order valence-corrected chi connectivity index (χ0v) is 13.5. The molecule has 1 amide bonds. The lowest BCUT2D eigenvalue weighted by atomic mass is 10.1. The van der Waals surface area contributed by atoms with Gasteiger partial charge >= 0.3 is 0 Å². The van der Waals surface area contributed by atoms with Crippen LogP contribution >= 0.6 is 11.3 Å². The Hall–Kier alpha value is -1.55. The number of nitrogens with two attached hydrogens (primary N) is 1. The predicted octanol–water partition coefficient (Wildman–Crippen LogP) is 4.20. The van der Waals surface area contributed by atoms with Crippen LogP contribution in [0.3, 0.4) is 0 Å². The highest BCUT2D eigenvalue weighted by atomic mass is 32.1. The van der Waals surface area contributed by atoms with E-state index < -0.39 is 0 Å². The highest BCUT2D eigenvalue weighted by molar-refractivity contribution is 7.21. The standard InChI is InChI=1S/C17H22N2OS/c1-3-19(12-6-4-5-7-12)17(20)16-15(18)13-10-11(2)8-9-14(13)21-16/h8-10,12H,3-7,18H2,1-2H3. The number of hydrogen-bond donors (Lipinski definition) is 1. The fourth-order valence-corrected chi connectivity index (χ4v) is 4.36. The van der Waals surface area contributed by atoms with Gasteiger partial charge in [0.05, 0.1) is 5.69 Å². The van der Waals surface area contributed by atoms with E-state index in [0.717, 1.165) is 29.5 Å². The van der Waals surface area contributed by atoms with Crippen LogP contribution in [0, 0.1) is 6.92 Å². The van der Waals surface area contributed by atoms with Crippen molar-refractivity contribution >= 4 is 33.0 Å². The van der Waals surface area contributed by atoms with Gasteiger partial charge in [0.1, 0.15) is 4.88 Å². The minimum absolute atomic E-state index is 0.112. The molecular weight excluding hydrogens is 280 g/mol. The van der Waals surface area contributed by atoms with Crippen LogP contribution in [0.25, 0.3) is 10.1 Å². The van der Waals surface area contributed by atoms with Crippen LogP contribution in [0.15, 0.2) is 18.2 Å². The molecule has 1 heterocycles. The largest absolute Gasteiger partial charge is 0.397 e. The Morgan fingerprint density at radius 3 is 2.76 bits per heavy atom. The molecule has 2 N–H and O–H groups in total. The van der Waals surface area contributed by atoms with E-state index in [9.17, 15) is 4.79 Å². The summed E-state index contributed by atoms with van der Waals surface area (Å²) < 4.78 is 1.10. The lowest BCUT2D eigenvalue weighted by molar-refractivity contribution is 0.0699. The Morgan fingerprint density at radius 2 is 2.10 bits per heavy atom. The molecule has 21 heavy (non-hydrogen) atoms. The van der Waals surface area contributed by atoms with E-state index in [1.165, 1.54) is 29.7 Å². The zero-order chi connectivity index (χ0) is 15.0. The predicted molar refractivity (Wildman–Crippen MR) is 89.9 cm³/mol. The molecule has 0 atom stereocenters. The van der Waals surface area contributed by atoms with E-state index in [-0.39, 0.29) is 5.91 Å². The number of carbonyl (C=O) groups excluding carboxylic acids is 1. The Kier molecular flexibility index (Phi) is 3.89. The fourth-order valence-electron chi connectivity index (χ4n) is 3.30. The topological polar surface area (TPSA) is 46.3 Å². The summed E-state index contributed by atoms with van der Waals surface area (Å²) in [6.07, 6.45) is 4.72. The molecule has 0 saturated heterocycles. The van der Waals surface area contributed by atoms with Crippen molar-refractivity contribution < 1.29 is 4.79 Å². The fraction of sp³-hybridized carbons (Fsp3) is 0.471. The van der Waals surface area contributed by atoms with Crippen molar-refractivity contribution in [2.75, 3.05) is 12.3 Å². The number of rotatable bonds is 3. The second-order valence-corrected chi connectivity index (χ2v) is 6.93. The highest BCUT2D eigenvalue weighted by Gasteiger charge is 2.28. The normalized spacial score (nSPS) is 15.7. The zero-order valence-electron chi connectivity index (χ0n) is 12.7. The third-order valence-corrected chi connectivity index (χ3v) is 5.62. The van der Waals surface area contributed by atoms with E-state index >= 15 is 0 Å². The van der Waals surface area contributed by atoms with Crippen LogP contribution in [-0.4, -0.2) is 23.4 Å². The molecule has 4 heteroatoms. The summed E-state index contributed by atoms with van der Waals surface area (Å²) >= 11 is 1.53. The molecule has 1 aromatic heterocycles. The van der Waals surface area contributed by atoms with E-state index in [0.29, 0.717) is 16.6 Å². The number of amides is 1. The number of nitrogens with zero attached hydrogens (tertiary/aromatic N) is 1. The molecular formula is C17H22N2OS. The molecule has 2 aromatic rings. The Morgan fingerprint density at radius 1 is 1.38 bits per heavy atom. The summed E-state index contributed by atoms with van der Waals surface area (Å²) in [7, 11) is 0. The van der Waals surface area contributed by atoms with Gasteiger partial charge in [-0.1, -0.05) is 24.5 Å². The van der Waals surface area contributed by atoms with Gasteiger partial charge in [-0.3, -0.25) is 4.79 Å². The minimum atomic E-state index is 0.112. The summed E-state index contributed by atoms with van der Waals surface area (Å²) in [5.41, 5.74) is 8.09. The highest BCUT2D eigenvalue weighted by Crippen LogP contribution is 2.36. The van der Waals surface area contributed by atoms with E-state index in [1.54, 1.807) is 0 Å². The molecule has 0 spiro atoms. The molecule has 0 bridgehead atoms. The van der Waals surface area contributed by atoms with Gasteiger partial charge in [-0.2, -0.15) is 0 Å². The lowest BCUT2D eigenvalue weighted by Crippen LogP contribution is -2.38. The quantitative estimate of drug-likeness (QED) is 0.923. The smallest absolute Gasteiger partial charge is 0.266 e. The average molecular weight is 302 g/mol. The number of carbonyl (C=O) groups is 1. The van der Waals surface area contributed by atoms with Crippen LogP contribution in [0.4, 0.5) is 5.69 Å². The van der Waals surface area contributed by atoms with Gasteiger partial charge in [-0.25, -0.2) is 0 Å². The number of thiophene rings is 1. The maximum Gasteiger partial charge on any atom is 0.266 e. The van der Waals surface area contributed by atoms with Crippen molar-refractivity contribution in [3.05, 3.63) is 28.6 Å². The number of nitrogen functional groups attached to an aromatic ring is 1. The molecule has 0 aliphatic heterocycles. The maximum atomic E-state index is 12.9. The van der Waals surface area contributed by atoms with Gasteiger partial charge < -0.3 is 10.6 Å². The molecule has 1 aromatic carbocycles. The first-order valence-electron chi connectivity index (χ1n) is 7.71. The third kappa shape index (κ3) is 2.53. The maximum absolute atomic E-state index is 12.9. The molecule has 1 aliphatic rings. The van der Waals surface area contributed by atoms with Crippen LogP contribution in [0.2, 0.25) is 0 Å². The van der Waals surface area contributed by atoms with Gasteiger partial charge in [-0.05, 0) is 38.8 Å². The number of fused-ring (bicyclic) bond motifs is 1. The van der Waals surface area contributed by atoms with Crippen molar-refractivity contribution in [3.8, 4) is 0 Å². The Balaban J connectivity index is 1.98. The molecule has 3 nitrogen and oxygen atoms in total. The summed E-state index contributed by atoms with van der Waals surface area (Å²) in [5, 5.41) is 1.02. The second kappa shape index (κ2) is 5.68. The monoisotopic (exact) mass is 302 g/mol. The first-order valence-corrected chi connectivity index (χ1v) is 8.53. The van der Waals surface area contributed by atoms with Crippen LogP contribution in [0.5, 0.6) is 0 Å².